The second-order valence-corrected chi connectivity index (χ2v) is 7.55. The largest absolute Gasteiger partial charge is 0.548 e. The molecule has 1 aliphatic heterocycles. The summed E-state index contributed by atoms with van der Waals surface area (Å²) < 4.78 is 4.73. The van der Waals surface area contributed by atoms with Crippen LogP contribution in [0.4, 0.5) is 10.5 Å². The highest BCUT2D eigenvalue weighted by Gasteiger charge is 2.42. The van der Waals surface area contributed by atoms with Crippen LogP contribution in [0.1, 0.15) is 31.2 Å². The molecule has 0 bridgehead atoms. The average molecular weight is 391 g/mol. The molecule has 1 heterocycles. The number of carbonyl (C=O) groups is 2. The lowest BCUT2D eigenvalue weighted by atomic mass is 9.71. The van der Waals surface area contributed by atoms with Gasteiger partial charge in [0.2, 0.25) is 0 Å². The number of amides is 1. The molecule has 2 fully saturated rings. The van der Waals surface area contributed by atoms with Crippen LogP contribution >= 0.6 is 11.6 Å². The van der Waals surface area contributed by atoms with E-state index in [-0.39, 0.29) is 17.9 Å². The van der Waals surface area contributed by atoms with E-state index >= 15 is 0 Å². The maximum absolute atomic E-state index is 11.9. The van der Waals surface area contributed by atoms with Crippen LogP contribution in [0.5, 0.6) is 0 Å². The third-order valence-corrected chi connectivity index (χ3v) is 5.95. The van der Waals surface area contributed by atoms with Crippen LogP contribution in [0.3, 0.4) is 0 Å². The van der Waals surface area contributed by atoms with Crippen molar-refractivity contribution in [2.75, 3.05) is 19.0 Å². The Labute approximate surface area is 162 Å². The number of likely N-dealkylation sites (tertiary alicyclic amines) is 1. The number of benzene rings is 1. The molecule has 1 saturated carbocycles. The lowest BCUT2D eigenvalue weighted by Crippen LogP contribution is -2.58. The third-order valence-electron chi connectivity index (χ3n) is 5.64. The van der Waals surface area contributed by atoms with Gasteiger partial charge in [0.15, 0.2) is 0 Å². The van der Waals surface area contributed by atoms with Gasteiger partial charge in [0.25, 0.3) is 0 Å². The summed E-state index contributed by atoms with van der Waals surface area (Å²) in [5, 5.41) is 24.6. The number of hydrogen-bond donors (Lipinski definition) is 1. The second kappa shape index (κ2) is 8.05. The molecule has 1 saturated heterocycles. The fraction of sp³-hybridized carbons (Fsp3) is 0.526. The van der Waals surface area contributed by atoms with Crippen molar-refractivity contribution in [3.8, 4) is 6.07 Å². The van der Waals surface area contributed by atoms with Crippen molar-refractivity contribution in [2.24, 2.45) is 11.8 Å². The van der Waals surface area contributed by atoms with Gasteiger partial charge >= 0.3 is 6.09 Å². The van der Waals surface area contributed by atoms with Crippen LogP contribution in [0, 0.1) is 23.2 Å². The summed E-state index contributed by atoms with van der Waals surface area (Å²) in [5.74, 6) is -0.868. The number of hydrogen-bond acceptors (Lipinski definition) is 6. The number of carboxylic acid groups (broad SMARTS) is 1. The highest BCUT2D eigenvalue weighted by atomic mass is 35.5. The van der Waals surface area contributed by atoms with Crippen molar-refractivity contribution >= 4 is 29.4 Å². The molecular weight excluding hydrogens is 370 g/mol. The Morgan fingerprint density at radius 1 is 1.33 bits per heavy atom. The molecule has 0 aromatic heterocycles. The van der Waals surface area contributed by atoms with E-state index in [1.807, 2.05) is 6.07 Å². The number of rotatable bonds is 3. The molecule has 8 heteroatoms. The van der Waals surface area contributed by atoms with Crippen LogP contribution in [-0.2, 0) is 9.53 Å². The van der Waals surface area contributed by atoms with E-state index in [0.717, 1.165) is 19.3 Å². The van der Waals surface area contributed by atoms with Gasteiger partial charge in [-0.15, -0.1) is 0 Å². The number of nitrogens with one attached hydrogen (secondary N) is 1. The van der Waals surface area contributed by atoms with Gasteiger partial charge < -0.3 is 20.0 Å². The predicted molar refractivity (Wildman–Crippen MR) is 96.9 cm³/mol. The fourth-order valence-electron chi connectivity index (χ4n) is 4.30. The molecule has 4 unspecified atom stereocenters. The lowest BCUT2D eigenvalue weighted by molar-refractivity contribution is -0.312. The van der Waals surface area contributed by atoms with E-state index in [0.29, 0.717) is 29.2 Å². The number of halogens is 1. The Hall–Kier alpha value is -2.46. The number of nitriles is 1. The molecule has 27 heavy (non-hydrogen) atoms. The van der Waals surface area contributed by atoms with Gasteiger partial charge in [-0.2, -0.15) is 5.26 Å². The van der Waals surface area contributed by atoms with Crippen LogP contribution in [0.25, 0.3) is 0 Å². The maximum Gasteiger partial charge on any atom is 0.410 e. The second-order valence-electron chi connectivity index (χ2n) is 7.14. The smallest absolute Gasteiger partial charge is 0.410 e. The number of carbonyl (C=O) groups excluding carboxylic acids is 2. The topological polar surface area (TPSA) is 105 Å². The molecule has 0 radical (unpaired) electrons. The maximum atomic E-state index is 11.9. The number of aliphatic carboxylic acids is 1. The molecule has 1 aromatic carbocycles. The van der Waals surface area contributed by atoms with E-state index < -0.39 is 18.1 Å². The minimum atomic E-state index is -1.25. The molecule has 144 valence electrons. The van der Waals surface area contributed by atoms with E-state index in [4.69, 9.17) is 16.3 Å². The van der Waals surface area contributed by atoms with E-state index in [9.17, 15) is 20.0 Å². The molecule has 3 rings (SSSR count). The molecule has 2 aliphatic rings. The zero-order chi connectivity index (χ0) is 19.6. The van der Waals surface area contributed by atoms with Crippen molar-refractivity contribution in [1.29, 1.82) is 5.26 Å². The number of methoxy groups -OCH3 is 1. The number of ether oxygens (including phenoxy) is 1. The first-order chi connectivity index (χ1) is 12.9. The Balaban J connectivity index is 1.71. The molecular formula is C19H21ClN3O4-. The molecule has 7 nitrogen and oxygen atoms in total. The highest BCUT2D eigenvalue weighted by Crippen LogP contribution is 2.40. The first-order valence-electron chi connectivity index (χ1n) is 8.95. The predicted octanol–water partition coefficient (Wildman–Crippen LogP) is 2.00. The Bertz CT molecular complexity index is 779. The first-order valence-corrected chi connectivity index (χ1v) is 9.33. The third kappa shape index (κ3) is 3.96. The molecule has 1 N–H and O–H groups in total. The van der Waals surface area contributed by atoms with Crippen LogP contribution < -0.4 is 10.4 Å². The summed E-state index contributed by atoms with van der Waals surface area (Å²) >= 11 is 6.09. The van der Waals surface area contributed by atoms with Gasteiger partial charge in [-0.1, -0.05) is 17.7 Å². The molecule has 1 amide bonds. The van der Waals surface area contributed by atoms with Gasteiger partial charge in [0.05, 0.1) is 35.4 Å². The molecule has 1 aromatic rings. The lowest BCUT2D eigenvalue weighted by Gasteiger charge is -2.47. The van der Waals surface area contributed by atoms with E-state index in [1.54, 1.807) is 12.1 Å². The quantitative estimate of drug-likeness (QED) is 0.846. The number of anilines is 1. The van der Waals surface area contributed by atoms with Crippen molar-refractivity contribution in [1.82, 2.24) is 4.90 Å². The van der Waals surface area contributed by atoms with Crippen molar-refractivity contribution < 1.29 is 19.4 Å². The Morgan fingerprint density at radius 2 is 2.11 bits per heavy atom. The number of carboxylic acids is 1. The van der Waals surface area contributed by atoms with Crippen molar-refractivity contribution in [3.63, 3.8) is 0 Å². The summed E-state index contributed by atoms with van der Waals surface area (Å²) in [6.07, 6.45) is 2.21. The summed E-state index contributed by atoms with van der Waals surface area (Å²) in [6.45, 7) is 0.364. The summed E-state index contributed by atoms with van der Waals surface area (Å²) in [5.41, 5.74) is 1.10. The van der Waals surface area contributed by atoms with Gasteiger partial charge in [-0.3, -0.25) is 4.90 Å². The van der Waals surface area contributed by atoms with Gasteiger partial charge in [-0.05, 0) is 49.7 Å². The standard InChI is InChI=1S/C19H22ClN3O4/c1-27-19(26)23-10-11-5-6-13(7-12(11)8-17(23)18(24)25)22-16-4-2-3-15(20)14(16)9-21/h2-4,11-13,17,22H,5-8,10H2,1H3,(H,24,25)/p-1. The van der Waals surface area contributed by atoms with Crippen molar-refractivity contribution in [3.05, 3.63) is 28.8 Å². The van der Waals surface area contributed by atoms with E-state index in [2.05, 4.69) is 11.4 Å². The van der Waals surface area contributed by atoms with Crippen LogP contribution in [0.15, 0.2) is 18.2 Å². The SMILES string of the molecule is COC(=O)N1CC2CCC(Nc3cccc(Cl)c3C#N)CC2CC1C(=O)[O-]. The summed E-state index contributed by atoms with van der Waals surface area (Å²) in [6, 6.07) is 6.54. The highest BCUT2D eigenvalue weighted by molar-refractivity contribution is 6.32. The van der Waals surface area contributed by atoms with Crippen LogP contribution in [-0.4, -0.2) is 42.7 Å². The average Bonchev–Trinajstić information content (AvgIpc) is 2.66. The Morgan fingerprint density at radius 3 is 2.78 bits per heavy atom. The van der Waals surface area contributed by atoms with Gasteiger partial charge in [-0.25, -0.2) is 4.79 Å². The minimum absolute atomic E-state index is 0.115. The fourth-order valence-corrected chi connectivity index (χ4v) is 4.52. The summed E-state index contributed by atoms with van der Waals surface area (Å²) in [7, 11) is 1.25. The van der Waals surface area contributed by atoms with Gasteiger partial charge in [0.1, 0.15) is 6.07 Å². The van der Waals surface area contributed by atoms with E-state index in [1.165, 1.54) is 12.0 Å². The molecule has 0 spiro atoms. The normalized spacial score (nSPS) is 27.2. The molecule has 4 atom stereocenters. The number of piperidine rings is 1. The summed E-state index contributed by atoms with van der Waals surface area (Å²) in [4.78, 5) is 24.7. The molecule has 1 aliphatic carbocycles. The van der Waals surface area contributed by atoms with Crippen LogP contribution in [0.2, 0.25) is 5.02 Å². The monoisotopic (exact) mass is 390 g/mol. The zero-order valence-corrected chi connectivity index (χ0v) is 15.7. The Kier molecular flexibility index (Phi) is 5.76. The minimum Gasteiger partial charge on any atom is -0.548 e. The number of nitrogens with zero attached hydrogens (tertiary/aromatic N) is 2. The zero-order valence-electron chi connectivity index (χ0n) is 15.0. The first kappa shape index (κ1) is 19.3. The number of fused-ring (bicyclic) bond motifs is 1. The van der Waals surface area contributed by atoms with Gasteiger partial charge in [0, 0.05) is 12.6 Å². The van der Waals surface area contributed by atoms with Crippen molar-refractivity contribution in [2.45, 2.75) is 37.8 Å².